The molecular formula is C19H22F3N3O4. The van der Waals surface area contributed by atoms with Crippen LogP contribution in [-0.2, 0) is 20.5 Å². The molecule has 2 atom stereocenters. The number of benzene rings is 1. The number of nitrogens with one attached hydrogen (secondary N) is 1. The molecular weight excluding hydrogens is 391 g/mol. The molecule has 0 bridgehead atoms. The Balaban J connectivity index is 1.96. The Kier molecular flexibility index (Phi) is 5.85. The highest BCUT2D eigenvalue weighted by atomic mass is 19.4. The number of alkyl halides is 3. The van der Waals surface area contributed by atoms with Crippen molar-refractivity contribution in [3.8, 4) is 0 Å². The topological polar surface area (TPSA) is 82.1 Å². The highest BCUT2D eigenvalue weighted by Crippen LogP contribution is 2.37. The van der Waals surface area contributed by atoms with Gasteiger partial charge < -0.3 is 20.1 Å². The first-order valence-electron chi connectivity index (χ1n) is 9.17. The summed E-state index contributed by atoms with van der Waals surface area (Å²) in [5.41, 5.74) is -0.470. The van der Waals surface area contributed by atoms with Gasteiger partial charge in [0, 0.05) is 19.2 Å². The number of rotatable bonds is 5. The van der Waals surface area contributed by atoms with Crippen LogP contribution in [0.2, 0.25) is 0 Å². The van der Waals surface area contributed by atoms with Gasteiger partial charge >= 0.3 is 6.18 Å². The Morgan fingerprint density at radius 2 is 1.86 bits per heavy atom. The van der Waals surface area contributed by atoms with Crippen LogP contribution in [0.1, 0.15) is 19.4 Å². The zero-order valence-corrected chi connectivity index (χ0v) is 16.0. The molecule has 3 rings (SSSR count). The molecule has 2 unspecified atom stereocenters. The Bertz CT molecular complexity index is 830. The third kappa shape index (κ3) is 4.54. The molecule has 10 heteroatoms. The number of aliphatic hydroxyl groups is 1. The van der Waals surface area contributed by atoms with Crippen molar-refractivity contribution in [1.29, 1.82) is 0 Å². The largest absolute Gasteiger partial charge is 0.416 e. The van der Waals surface area contributed by atoms with Crippen molar-refractivity contribution in [2.24, 2.45) is 0 Å². The van der Waals surface area contributed by atoms with E-state index in [1.807, 2.05) is 18.7 Å². The third-order valence-electron chi connectivity index (χ3n) is 4.69. The van der Waals surface area contributed by atoms with Crippen molar-refractivity contribution in [2.75, 3.05) is 36.5 Å². The van der Waals surface area contributed by atoms with Crippen molar-refractivity contribution in [2.45, 2.75) is 32.2 Å². The second-order valence-electron chi connectivity index (χ2n) is 7.09. The summed E-state index contributed by atoms with van der Waals surface area (Å²) in [5.74, 6) is -1.33. The fourth-order valence-electron chi connectivity index (χ4n) is 3.52. The number of amides is 2. The van der Waals surface area contributed by atoms with Gasteiger partial charge in [0.25, 0.3) is 11.8 Å². The molecule has 1 aromatic rings. The molecule has 2 heterocycles. The van der Waals surface area contributed by atoms with Crippen molar-refractivity contribution < 1.29 is 32.6 Å². The van der Waals surface area contributed by atoms with E-state index in [0.29, 0.717) is 18.8 Å². The van der Waals surface area contributed by atoms with Crippen molar-refractivity contribution in [1.82, 2.24) is 4.90 Å². The molecule has 1 saturated heterocycles. The number of β-amino-alcohol motifs (C(OH)–C–C–N with tert-alkyl or cyclic N) is 1. The van der Waals surface area contributed by atoms with E-state index in [2.05, 4.69) is 5.32 Å². The van der Waals surface area contributed by atoms with E-state index in [-0.39, 0.29) is 30.1 Å². The van der Waals surface area contributed by atoms with E-state index in [1.54, 1.807) is 0 Å². The predicted octanol–water partition coefficient (Wildman–Crippen LogP) is 1.98. The van der Waals surface area contributed by atoms with Crippen LogP contribution in [0.5, 0.6) is 0 Å². The number of halogens is 3. The first-order valence-corrected chi connectivity index (χ1v) is 9.17. The Hall–Kier alpha value is -2.59. The number of nitrogens with zero attached hydrogens (tertiary/aromatic N) is 2. The number of aliphatic hydroxyl groups excluding tert-OH is 1. The average Bonchev–Trinajstić information content (AvgIpc) is 2.88. The smallest absolute Gasteiger partial charge is 0.395 e. The fraction of sp³-hybridized carbons (Fsp3) is 0.474. The number of morpholine rings is 1. The standard InChI is InChI=1S/C19H22F3N3O4/c1-11-9-24(10-12(2)29-11)16-4-3-13(19(20,21)22)7-14(16)23-15-8-17(27)25(5-6-26)18(15)28/h3-4,7-8,11-12,23,26H,5-6,9-10H2,1-2H3. The SMILES string of the molecule is CC1CN(c2ccc(C(F)(F)F)cc2NC2=CC(=O)N(CCO)C2=O)CC(C)O1. The minimum absolute atomic E-state index is 0.0689. The quantitative estimate of drug-likeness (QED) is 0.719. The molecule has 0 spiro atoms. The van der Waals surface area contributed by atoms with Crippen LogP contribution in [0, 0.1) is 0 Å². The second-order valence-corrected chi connectivity index (χ2v) is 7.09. The summed E-state index contributed by atoms with van der Waals surface area (Å²) in [6.45, 7) is 4.08. The van der Waals surface area contributed by atoms with Gasteiger partial charge in [-0.25, -0.2) is 0 Å². The third-order valence-corrected chi connectivity index (χ3v) is 4.69. The van der Waals surface area contributed by atoms with Gasteiger partial charge in [0.05, 0.1) is 42.3 Å². The van der Waals surface area contributed by atoms with Gasteiger partial charge in [-0.15, -0.1) is 0 Å². The summed E-state index contributed by atoms with van der Waals surface area (Å²) in [7, 11) is 0. The maximum atomic E-state index is 13.2. The number of imide groups is 1. The lowest BCUT2D eigenvalue weighted by atomic mass is 10.1. The summed E-state index contributed by atoms with van der Waals surface area (Å²) in [6, 6.07) is 3.26. The molecule has 1 aromatic carbocycles. The number of carbonyl (C=O) groups is 2. The van der Waals surface area contributed by atoms with E-state index in [9.17, 15) is 22.8 Å². The molecule has 2 N–H and O–H groups in total. The Morgan fingerprint density at radius 1 is 1.21 bits per heavy atom. The van der Waals surface area contributed by atoms with Gasteiger partial charge in [0.15, 0.2) is 0 Å². The molecule has 7 nitrogen and oxygen atoms in total. The number of hydrogen-bond acceptors (Lipinski definition) is 6. The number of ether oxygens (including phenoxy) is 1. The summed E-state index contributed by atoms with van der Waals surface area (Å²) in [4.78, 5) is 27.0. The zero-order valence-electron chi connectivity index (χ0n) is 16.0. The van der Waals surface area contributed by atoms with Crippen molar-refractivity contribution in [3.05, 3.63) is 35.5 Å². The van der Waals surface area contributed by atoms with E-state index >= 15 is 0 Å². The first-order chi connectivity index (χ1) is 13.6. The predicted molar refractivity (Wildman–Crippen MR) is 99.2 cm³/mol. The zero-order chi connectivity index (χ0) is 21.3. The van der Waals surface area contributed by atoms with Crippen LogP contribution in [0.3, 0.4) is 0 Å². The summed E-state index contributed by atoms with van der Waals surface area (Å²) >= 11 is 0. The number of carbonyl (C=O) groups excluding carboxylic acids is 2. The van der Waals surface area contributed by atoms with Crippen molar-refractivity contribution >= 4 is 23.2 Å². The lowest BCUT2D eigenvalue weighted by Gasteiger charge is -2.38. The van der Waals surface area contributed by atoms with E-state index in [0.717, 1.165) is 23.1 Å². The fourth-order valence-corrected chi connectivity index (χ4v) is 3.52. The minimum Gasteiger partial charge on any atom is -0.395 e. The maximum absolute atomic E-state index is 13.2. The molecule has 29 heavy (non-hydrogen) atoms. The highest BCUT2D eigenvalue weighted by Gasteiger charge is 2.34. The first kappa shape index (κ1) is 21.1. The molecule has 0 radical (unpaired) electrons. The molecule has 2 aliphatic heterocycles. The summed E-state index contributed by atoms with van der Waals surface area (Å²) < 4.78 is 45.4. The monoisotopic (exact) mass is 413 g/mol. The maximum Gasteiger partial charge on any atom is 0.416 e. The van der Waals surface area contributed by atoms with Gasteiger partial charge in [-0.2, -0.15) is 13.2 Å². The average molecular weight is 413 g/mol. The summed E-state index contributed by atoms with van der Waals surface area (Å²) in [6.07, 6.45) is -3.79. The van der Waals surface area contributed by atoms with Crippen molar-refractivity contribution in [3.63, 3.8) is 0 Å². The van der Waals surface area contributed by atoms with Crippen LogP contribution in [0.25, 0.3) is 0 Å². The van der Waals surface area contributed by atoms with Crippen LogP contribution in [0.4, 0.5) is 24.5 Å². The van der Waals surface area contributed by atoms with E-state index < -0.39 is 30.2 Å². The van der Waals surface area contributed by atoms with Gasteiger partial charge in [0.2, 0.25) is 0 Å². The van der Waals surface area contributed by atoms with Crippen LogP contribution < -0.4 is 10.2 Å². The molecule has 0 aromatic heterocycles. The lowest BCUT2D eigenvalue weighted by Crippen LogP contribution is -2.45. The summed E-state index contributed by atoms with van der Waals surface area (Å²) in [5, 5.41) is 11.7. The molecule has 158 valence electrons. The van der Waals surface area contributed by atoms with E-state index in [1.165, 1.54) is 6.07 Å². The number of hydrogen-bond donors (Lipinski definition) is 2. The van der Waals surface area contributed by atoms with Gasteiger partial charge in [-0.3, -0.25) is 14.5 Å². The Morgan fingerprint density at radius 3 is 2.45 bits per heavy atom. The van der Waals surface area contributed by atoms with E-state index in [4.69, 9.17) is 9.84 Å². The van der Waals surface area contributed by atoms with Crippen LogP contribution >= 0.6 is 0 Å². The molecule has 2 aliphatic rings. The molecule has 0 aliphatic carbocycles. The van der Waals surface area contributed by atoms with Gasteiger partial charge in [-0.05, 0) is 32.0 Å². The van der Waals surface area contributed by atoms with Crippen LogP contribution in [0.15, 0.2) is 30.0 Å². The minimum atomic E-state index is -4.56. The van der Waals surface area contributed by atoms with Crippen LogP contribution in [-0.4, -0.2) is 60.3 Å². The molecule has 2 amide bonds. The highest BCUT2D eigenvalue weighted by molar-refractivity contribution is 6.17. The lowest BCUT2D eigenvalue weighted by molar-refractivity contribution is -0.138. The Labute approximate surface area is 165 Å². The normalized spacial score (nSPS) is 22.9. The second kappa shape index (κ2) is 8.03. The number of anilines is 2. The van der Waals surface area contributed by atoms with Gasteiger partial charge in [-0.1, -0.05) is 0 Å². The van der Waals surface area contributed by atoms with Gasteiger partial charge in [0.1, 0.15) is 5.70 Å². The molecule has 1 fully saturated rings. The molecule has 0 saturated carbocycles.